The number of fused-ring (bicyclic) bond motifs is 2. The molecule has 2 fully saturated rings. The van der Waals surface area contributed by atoms with Crippen molar-refractivity contribution >= 4 is 11.9 Å². The molecule has 7 nitrogen and oxygen atoms in total. The molecule has 32 heavy (non-hydrogen) atoms. The maximum absolute atomic E-state index is 13.5. The van der Waals surface area contributed by atoms with Gasteiger partial charge in [-0.1, -0.05) is 24.3 Å². The van der Waals surface area contributed by atoms with Crippen molar-refractivity contribution in [2.24, 2.45) is 11.8 Å². The number of hydrogen-bond acceptors (Lipinski definition) is 5. The highest BCUT2D eigenvalue weighted by Gasteiger charge is 2.59. The largest absolute Gasteiger partial charge is 0.481 e. The summed E-state index contributed by atoms with van der Waals surface area (Å²) in [7, 11) is 0. The Labute approximate surface area is 187 Å². The standard InChI is InChI=1S/C24H31FO7/c25-18-9-7-17(8-10-18)24-13-21(32-16-24)19(14-30-11-12-31-15-23(28)29)20(24)5-3-1-2-4-6-22(26)27/h1,3,7-10,19-21H,2,4-6,11-16H2,(H,26,27)(H,28,29)/b3-1-/t19-,20-,21-,24-/m0/s1. The van der Waals surface area contributed by atoms with Crippen LogP contribution >= 0.6 is 0 Å². The average molecular weight is 451 g/mol. The van der Waals surface area contributed by atoms with Gasteiger partial charge in [0, 0.05) is 17.8 Å². The Morgan fingerprint density at radius 2 is 1.88 bits per heavy atom. The first-order valence-electron chi connectivity index (χ1n) is 11.0. The lowest BCUT2D eigenvalue weighted by molar-refractivity contribution is -0.143. The van der Waals surface area contributed by atoms with Crippen LogP contribution in [-0.4, -0.2) is 61.3 Å². The van der Waals surface area contributed by atoms with E-state index >= 15 is 0 Å². The number of rotatable bonds is 14. The fourth-order valence-corrected chi connectivity index (χ4v) is 4.98. The second kappa shape index (κ2) is 11.5. The number of benzene rings is 1. The summed E-state index contributed by atoms with van der Waals surface area (Å²) in [4.78, 5) is 21.2. The van der Waals surface area contributed by atoms with Crippen LogP contribution < -0.4 is 0 Å². The SMILES string of the molecule is O=C(O)CCC/C=C\C[C@H]1[C@H](COCCOCC(=O)O)[C@@H]2C[C@@]1(c1ccc(F)cc1)CO2. The first-order valence-corrected chi connectivity index (χ1v) is 11.0. The summed E-state index contributed by atoms with van der Waals surface area (Å²) in [5.41, 5.74) is 0.857. The Kier molecular flexibility index (Phi) is 8.78. The molecule has 1 aromatic carbocycles. The quantitative estimate of drug-likeness (QED) is 0.331. The fraction of sp³-hybridized carbons (Fsp3) is 0.583. The molecule has 4 atom stereocenters. The smallest absolute Gasteiger partial charge is 0.329 e. The predicted molar refractivity (Wildman–Crippen MR) is 114 cm³/mol. The molecule has 2 N–H and O–H groups in total. The molecule has 0 aromatic heterocycles. The van der Waals surface area contributed by atoms with Crippen LogP contribution in [0.25, 0.3) is 0 Å². The van der Waals surface area contributed by atoms with Crippen molar-refractivity contribution in [3.63, 3.8) is 0 Å². The van der Waals surface area contributed by atoms with Gasteiger partial charge in [0.05, 0.1) is 32.5 Å². The minimum absolute atomic E-state index is 0.0467. The number of aliphatic carboxylic acids is 2. The van der Waals surface area contributed by atoms with Crippen LogP contribution in [0.1, 0.15) is 37.7 Å². The lowest BCUT2D eigenvalue weighted by atomic mass is 9.69. The fourth-order valence-electron chi connectivity index (χ4n) is 4.98. The molecule has 1 heterocycles. The van der Waals surface area contributed by atoms with Crippen molar-refractivity contribution in [1.82, 2.24) is 0 Å². The summed E-state index contributed by atoms with van der Waals surface area (Å²) in [5, 5.41) is 17.4. The molecular formula is C24H31FO7. The summed E-state index contributed by atoms with van der Waals surface area (Å²) in [6.45, 7) is 1.22. The molecular weight excluding hydrogens is 419 g/mol. The number of carboxylic acids is 2. The summed E-state index contributed by atoms with van der Waals surface area (Å²) in [5.74, 6) is -1.68. The third kappa shape index (κ3) is 6.15. The Balaban J connectivity index is 1.64. The van der Waals surface area contributed by atoms with Crippen molar-refractivity contribution in [3.05, 3.63) is 47.8 Å². The highest BCUT2D eigenvalue weighted by Crippen LogP contribution is 2.56. The van der Waals surface area contributed by atoms with Gasteiger partial charge in [-0.3, -0.25) is 4.79 Å². The summed E-state index contributed by atoms with van der Waals surface area (Å²) >= 11 is 0. The Morgan fingerprint density at radius 1 is 1.12 bits per heavy atom. The first-order chi connectivity index (χ1) is 15.4. The molecule has 176 valence electrons. The zero-order valence-corrected chi connectivity index (χ0v) is 18.1. The zero-order valence-electron chi connectivity index (χ0n) is 18.1. The van der Waals surface area contributed by atoms with Gasteiger partial charge in [0.25, 0.3) is 0 Å². The maximum Gasteiger partial charge on any atom is 0.329 e. The van der Waals surface area contributed by atoms with Crippen LogP contribution in [0.15, 0.2) is 36.4 Å². The van der Waals surface area contributed by atoms with Crippen molar-refractivity contribution in [2.45, 2.75) is 43.6 Å². The maximum atomic E-state index is 13.5. The minimum atomic E-state index is -1.01. The van der Waals surface area contributed by atoms with Gasteiger partial charge < -0.3 is 24.4 Å². The molecule has 3 rings (SSSR count). The van der Waals surface area contributed by atoms with Crippen LogP contribution in [-0.2, 0) is 29.2 Å². The van der Waals surface area contributed by atoms with E-state index in [1.165, 1.54) is 12.1 Å². The molecule has 1 aliphatic carbocycles. The van der Waals surface area contributed by atoms with Crippen molar-refractivity contribution in [1.29, 1.82) is 0 Å². The molecule has 0 spiro atoms. The monoisotopic (exact) mass is 450 g/mol. The van der Waals surface area contributed by atoms with Gasteiger partial charge >= 0.3 is 11.9 Å². The highest BCUT2D eigenvalue weighted by atomic mass is 19.1. The summed E-state index contributed by atoms with van der Waals surface area (Å²) in [6.07, 6.45) is 7.31. The number of unbranched alkanes of at least 4 members (excludes halogenated alkanes) is 1. The Bertz CT molecular complexity index is 794. The molecule has 8 heteroatoms. The second-order valence-electron chi connectivity index (χ2n) is 8.50. The lowest BCUT2D eigenvalue weighted by Gasteiger charge is -2.39. The van der Waals surface area contributed by atoms with Gasteiger partial charge in [0.2, 0.25) is 0 Å². The topological polar surface area (TPSA) is 102 Å². The van der Waals surface area contributed by atoms with Gasteiger partial charge in [0.1, 0.15) is 12.4 Å². The van der Waals surface area contributed by atoms with E-state index in [2.05, 4.69) is 6.08 Å². The Morgan fingerprint density at radius 3 is 2.59 bits per heavy atom. The number of carbonyl (C=O) groups is 2. The molecule has 0 unspecified atom stereocenters. The zero-order chi connectivity index (χ0) is 23.0. The van der Waals surface area contributed by atoms with E-state index < -0.39 is 11.9 Å². The van der Waals surface area contributed by atoms with Gasteiger partial charge in [-0.25, -0.2) is 9.18 Å². The predicted octanol–water partition coefficient (Wildman–Crippen LogP) is 3.42. The van der Waals surface area contributed by atoms with Crippen molar-refractivity contribution < 1.29 is 38.4 Å². The molecule has 0 amide bonds. The number of carboxylic acid groups (broad SMARTS) is 2. The molecule has 1 saturated carbocycles. The molecule has 0 radical (unpaired) electrons. The number of ether oxygens (including phenoxy) is 3. The van der Waals surface area contributed by atoms with E-state index in [1.807, 2.05) is 18.2 Å². The third-order valence-electron chi connectivity index (χ3n) is 6.47. The van der Waals surface area contributed by atoms with E-state index in [-0.39, 0.29) is 48.8 Å². The molecule has 2 bridgehead atoms. The average Bonchev–Trinajstić information content (AvgIpc) is 3.31. The lowest BCUT2D eigenvalue weighted by Crippen LogP contribution is -2.41. The van der Waals surface area contributed by atoms with Crippen LogP contribution in [0, 0.1) is 17.7 Å². The number of allylic oxidation sites excluding steroid dienone is 2. The van der Waals surface area contributed by atoms with Crippen molar-refractivity contribution in [2.75, 3.05) is 33.0 Å². The molecule has 1 aromatic rings. The van der Waals surface area contributed by atoms with Gasteiger partial charge in [-0.15, -0.1) is 0 Å². The van der Waals surface area contributed by atoms with Crippen LogP contribution in [0.3, 0.4) is 0 Å². The molecule has 1 saturated heterocycles. The summed E-state index contributed by atoms with van der Waals surface area (Å²) < 4.78 is 30.5. The van der Waals surface area contributed by atoms with Crippen LogP contribution in [0.2, 0.25) is 0 Å². The van der Waals surface area contributed by atoms with Gasteiger partial charge in [0.15, 0.2) is 0 Å². The number of hydrogen-bond donors (Lipinski definition) is 2. The van der Waals surface area contributed by atoms with E-state index in [4.69, 9.17) is 24.4 Å². The second-order valence-corrected chi connectivity index (χ2v) is 8.50. The van der Waals surface area contributed by atoms with E-state index in [0.717, 1.165) is 18.4 Å². The normalized spacial score (nSPS) is 26.7. The van der Waals surface area contributed by atoms with Crippen molar-refractivity contribution in [3.8, 4) is 0 Å². The Hall–Kier alpha value is -2.29. The van der Waals surface area contributed by atoms with Crippen LogP contribution in [0.4, 0.5) is 4.39 Å². The van der Waals surface area contributed by atoms with E-state index in [9.17, 15) is 14.0 Å². The minimum Gasteiger partial charge on any atom is -0.481 e. The molecule has 1 aliphatic heterocycles. The number of halogens is 1. The van der Waals surface area contributed by atoms with E-state index in [0.29, 0.717) is 32.7 Å². The molecule has 2 aliphatic rings. The first kappa shape index (κ1) is 24.4. The highest BCUT2D eigenvalue weighted by molar-refractivity contribution is 5.68. The third-order valence-corrected chi connectivity index (χ3v) is 6.47. The van der Waals surface area contributed by atoms with Gasteiger partial charge in [-0.05, 0) is 49.3 Å². The van der Waals surface area contributed by atoms with E-state index in [1.54, 1.807) is 0 Å². The van der Waals surface area contributed by atoms with Gasteiger partial charge in [-0.2, -0.15) is 0 Å². The van der Waals surface area contributed by atoms with Crippen LogP contribution in [0.5, 0.6) is 0 Å². The summed E-state index contributed by atoms with van der Waals surface area (Å²) in [6, 6.07) is 6.65.